The highest BCUT2D eigenvalue weighted by molar-refractivity contribution is 6.02. The Morgan fingerprint density at radius 1 is 0.800 bits per heavy atom. The number of rotatable bonds is 8. The van der Waals surface area contributed by atoms with E-state index in [4.69, 9.17) is 9.47 Å². The largest absolute Gasteiger partial charge is 0.493 e. The van der Waals surface area contributed by atoms with Crippen LogP contribution in [0.2, 0.25) is 0 Å². The predicted molar refractivity (Wildman–Crippen MR) is 139 cm³/mol. The standard InChI is InChI=1S/C31H36NO3/c1-34-29-19-26-18-27(31(33)28(26)20-30(29)35-2)17-23-13-15-32(16-14-23,21-24-9-5-3-6-10-24)22-25-11-7-4-8-12-25/h3-12,19-20,23,27H,13-18,21-22H2,1-2H3/q+1/t27-/m1/s1. The zero-order valence-electron chi connectivity index (χ0n) is 20.9. The predicted octanol–water partition coefficient (Wildman–Crippen LogP) is 6.08. The lowest BCUT2D eigenvalue weighted by molar-refractivity contribution is -0.958. The van der Waals surface area contributed by atoms with Crippen molar-refractivity contribution in [1.29, 1.82) is 0 Å². The maximum absolute atomic E-state index is 13.2. The topological polar surface area (TPSA) is 35.5 Å². The number of benzene rings is 3. The molecule has 5 rings (SSSR count). The van der Waals surface area contributed by atoms with Gasteiger partial charge in [-0.1, -0.05) is 60.7 Å². The second-order valence-electron chi connectivity index (χ2n) is 10.4. The van der Waals surface area contributed by atoms with Gasteiger partial charge in [-0.25, -0.2) is 0 Å². The number of methoxy groups -OCH3 is 2. The number of carbonyl (C=O) groups excluding carboxylic acids is 1. The molecule has 1 fully saturated rings. The molecule has 182 valence electrons. The lowest BCUT2D eigenvalue weighted by atomic mass is 9.84. The van der Waals surface area contributed by atoms with E-state index in [0.717, 1.165) is 54.6 Å². The second kappa shape index (κ2) is 10.2. The number of quaternary nitrogens is 1. The van der Waals surface area contributed by atoms with Gasteiger partial charge in [0.2, 0.25) is 0 Å². The molecule has 1 saturated heterocycles. The van der Waals surface area contributed by atoms with Crippen molar-refractivity contribution in [1.82, 2.24) is 0 Å². The third-order valence-corrected chi connectivity index (χ3v) is 8.07. The first-order valence-electron chi connectivity index (χ1n) is 12.8. The average Bonchev–Trinajstić information content (AvgIpc) is 3.19. The molecule has 4 nitrogen and oxygen atoms in total. The van der Waals surface area contributed by atoms with E-state index >= 15 is 0 Å². The zero-order valence-corrected chi connectivity index (χ0v) is 20.9. The number of hydrogen-bond donors (Lipinski definition) is 0. The Hall–Kier alpha value is -3.11. The molecule has 0 saturated carbocycles. The fraction of sp³-hybridized carbons (Fsp3) is 0.387. The van der Waals surface area contributed by atoms with E-state index < -0.39 is 0 Å². The van der Waals surface area contributed by atoms with Gasteiger partial charge in [0.15, 0.2) is 17.3 Å². The molecule has 3 aromatic carbocycles. The van der Waals surface area contributed by atoms with Crippen LogP contribution in [0, 0.1) is 11.8 Å². The summed E-state index contributed by atoms with van der Waals surface area (Å²) in [6.45, 7) is 4.44. The van der Waals surface area contributed by atoms with Crippen molar-refractivity contribution in [2.75, 3.05) is 27.3 Å². The molecule has 4 heteroatoms. The lowest BCUT2D eigenvalue weighted by Crippen LogP contribution is -2.51. The van der Waals surface area contributed by atoms with Crippen LogP contribution in [0.3, 0.4) is 0 Å². The summed E-state index contributed by atoms with van der Waals surface area (Å²) >= 11 is 0. The van der Waals surface area contributed by atoms with Crippen molar-refractivity contribution in [3.63, 3.8) is 0 Å². The van der Waals surface area contributed by atoms with Gasteiger partial charge in [0.25, 0.3) is 0 Å². The summed E-state index contributed by atoms with van der Waals surface area (Å²) in [7, 11) is 3.27. The number of piperidine rings is 1. The first-order chi connectivity index (χ1) is 17.1. The van der Waals surface area contributed by atoms with Crippen LogP contribution in [0.5, 0.6) is 11.5 Å². The number of carbonyl (C=O) groups is 1. The highest BCUT2D eigenvalue weighted by atomic mass is 16.5. The minimum Gasteiger partial charge on any atom is -0.493 e. The van der Waals surface area contributed by atoms with Gasteiger partial charge in [0, 0.05) is 22.6 Å². The third kappa shape index (κ3) is 5.13. The average molecular weight is 471 g/mol. The van der Waals surface area contributed by atoms with Gasteiger partial charge in [-0.2, -0.15) is 0 Å². The number of ketones is 1. The maximum atomic E-state index is 13.2. The van der Waals surface area contributed by atoms with Gasteiger partial charge in [-0.05, 0) is 49.3 Å². The van der Waals surface area contributed by atoms with Crippen molar-refractivity contribution in [2.45, 2.75) is 38.8 Å². The number of hydrogen-bond acceptors (Lipinski definition) is 3. The van der Waals surface area contributed by atoms with Crippen LogP contribution in [-0.4, -0.2) is 37.6 Å². The van der Waals surface area contributed by atoms with Crippen LogP contribution in [0.4, 0.5) is 0 Å². The fourth-order valence-electron chi connectivity index (χ4n) is 6.21. The van der Waals surface area contributed by atoms with E-state index in [2.05, 4.69) is 60.7 Å². The Bertz CT molecular complexity index is 1110. The van der Waals surface area contributed by atoms with E-state index in [1.54, 1.807) is 14.2 Å². The van der Waals surface area contributed by atoms with Crippen molar-refractivity contribution in [2.24, 2.45) is 11.8 Å². The van der Waals surface area contributed by atoms with Crippen LogP contribution in [0.1, 0.15) is 46.3 Å². The van der Waals surface area contributed by atoms with Crippen LogP contribution in [-0.2, 0) is 19.5 Å². The van der Waals surface area contributed by atoms with E-state index in [1.807, 2.05) is 12.1 Å². The maximum Gasteiger partial charge on any atom is 0.166 e. The Morgan fingerprint density at radius 3 is 1.89 bits per heavy atom. The Morgan fingerprint density at radius 2 is 1.34 bits per heavy atom. The molecule has 0 amide bonds. The quantitative estimate of drug-likeness (QED) is 0.375. The Labute approximate surface area is 209 Å². The molecule has 0 unspecified atom stereocenters. The van der Waals surface area contributed by atoms with Gasteiger partial charge in [-0.3, -0.25) is 4.79 Å². The summed E-state index contributed by atoms with van der Waals surface area (Å²) in [6, 6.07) is 25.7. The van der Waals surface area contributed by atoms with Gasteiger partial charge in [0.1, 0.15) is 13.1 Å². The molecule has 0 bridgehead atoms. The highest BCUT2D eigenvalue weighted by Gasteiger charge is 2.38. The molecule has 0 spiro atoms. The zero-order chi connectivity index (χ0) is 24.3. The Balaban J connectivity index is 1.27. The van der Waals surface area contributed by atoms with Gasteiger partial charge in [0.05, 0.1) is 27.3 Å². The summed E-state index contributed by atoms with van der Waals surface area (Å²) in [5, 5.41) is 0. The number of Topliss-reactive ketones (excluding diaryl/α,β-unsaturated/α-hetero) is 1. The molecule has 0 aromatic heterocycles. The van der Waals surface area contributed by atoms with Gasteiger partial charge >= 0.3 is 0 Å². The van der Waals surface area contributed by atoms with Crippen LogP contribution >= 0.6 is 0 Å². The monoisotopic (exact) mass is 470 g/mol. The lowest BCUT2D eigenvalue weighted by Gasteiger charge is -2.44. The summed E-state index contributed by atoms with van der Waals surface area (Å²) in [5.74, 6) is 2.30. The minimum atomic E-state index is 0.0788. The molecule has 1 aliphatic carbocycles. The molecule has 1 atom stereocenters. The smallest absolute Gasteiger partial charge is 0.166 e. The van der Waals surface area contributed by atoms with Crippen LogP contribution in [0.15, 0.2) is 72.8 Å². The van der Waals surface area contributed by atoms with Crippen molar-refractivity contribution < 1.29 is 18.8 Å². The molecular formula is C31H36NO3+. The van der Waals surface area contributed by atoms with E-state index in [9.17, 15) is 4.79 Å². The molecule has 35 heavy (non-hydrogen) atoms. The summed E-state index contributed by atoms with van der Waals surface area (Å²) < 4.78 is 12.0. The number of ether oxygens (including phenoxy) is 2. The first-order valence-corrected chi connectivity index (χ1v) is 12.8. The first kappa shape index (κ1) is 23.6. The summed E-state index contributed by atoms with van der Waals surface area (Å²) in [4.78, 5) is 13.2. The molecule has 3 aromatic rings. The van der Waals surface area contributed by atoms with Gasteiger partial charge < -0.3 is 14.0 Å². The highest BCUT2D eigenvalue weighted by Crippen LogP contribution is 2.40. The van der Waals surface area contributed by atoms with E-state index in [0.29, 0.717) is 17.4 Å². The Kier molecular flexibility index (Phi) is 6.92. The van der Waals surface area contributed by atoms with Crippen LogP contribution in [0.25, 0.3) is 0 Å². The van der Waals surface area contributed by atoms with Crippen molar-refractivity contribution in [3.05, 3.63) is 95.1 Å². The molecular weight excluding hydrogens is 434 g/mol. The number of nitrogens with zero attached hydrogens (tertiary/aromatic N) is 1. The van der Waals surface area contributed by atoms with Crippen LogP contribution < -0.4 is 9.47 Å². The SMILES string of the molecule is COc1cc2c(cc1OC)C(=O)[C@H](CC1CC[N+](Cc3ccccc3)(Cc3ccccc3)CC1)C2. The fourth-order valence-corrected chi connectivity index (χ4v) is 6.21. The minimum absolute atomic E-state index is 0.0788. The van der Waals surface area contributed by atoms with Crippen molar-refractivity contribution in [3.8, 4) is 11.5 Å². The van der Waals surface area contributed by atoms with E-state index in [-0.39, 0.29) is 11.7 Å². The normalized spacial score (nSPS) is 19.4. The number of fused-ring (bicyclic) bond motifs is 1. The second-order valence-corrected chi connectivity index (χ2v) is 10.4. The van der Waals surface area contributed by atoms with Crippen molar-refractivity contribution >= 4 is 5.78 Å². The summed E-state index contributed by atoms with van der Waals surface area (Å²) in [5.41, 5.74) is 4.74. The van der Waals surface area contributed by atoms with Gasteiger partial charge in [-0.15, -0.1) is 0 Å². The molecule has 1 aliphatic heterocycles. The van der Waals surface area contributed by atoms with E-state index in [1.165, 1.54) is 24.0 Å². The molecule has 0 radical (unpaired) electrons. The third-order valence-electron chi connectivity index (χ3n) is 8.07. The number of likely N-dealkylation sites (tertiary alicyclic amines) is 1. The molecule has 0 N–H and O–H groups in total. The molecule has 2 aliphatic rings. The summed E-state index contributed by atoms with van der Waals surface area (Å²) in [6.07, 6.45) is 4.15. The molecule has 1 heterocycles.